The predicted octanol–water partition coefficient (Wildman–Crippen LogP) is 15.1. The molecule has 0 fully saturated rings. The van der Waals surface area contributed by atoms with E-state index in [0.717, 1.165) is 108 Å². The second kappa shape index (κ2) is 18.0. The standard InChI is InChI=1S/C57H48N4O/c1(3-8-18-40-19-15-16-20-40)2-4-17-39-62-45-29-27-44(28-30-45)57-52-37-35-50(60-52)55(42-23-11-6-12-24-42)48-33-31-46(58-48)54(41-21-9-5-10-22-41)47-32-34-49(59-47)56(43-25-13-7-14-26-43)51-36-38-53(57)61-51/h5-7,9-16,19,21-38,58,61H,1-4,8,17-18,39H2. The molecule has 62 heavy (non-hydrogen) atoms. The molecule has 5 heterocycles. The monoisotopic (exact) mass is 804 g/mol. The molecule has 302 valence electrons. The van der Waals surface area contributed by atoms with Gasteiger partial charge in [0.15, 0.2) is 0 Å². The van der Waals surface area contributed by atoms with Crippen LogP contribution in [0.3, 0.4) is 0 Å². The highest BCUT2D eigenvalue weighted by atomic mass is 16.5. The van der Waals surface area contributed by atoms with Crippen molar-refractivity contribution in [2.24, 2.45) is 0 Å². The molecular weight excluding hydrogens is 757 g/mol. The third-order valence-corrected chi connectivity index (χ3v) is 11.9. The zero-order chi connectivity index (χ0) is 41.5. The van der Waals surface area contributed by atoms with Crippen LogP contribution < -0.4 is 4.74 Å². The molecule has 5 heteroatoms. The maximum Gasteiger partial charge on any atom is 0.119 e. The Bertz CT molecular complexity index is 3010. The molecule has 4 aromatic carbocycles. The Balaban J connectivity index is 1.06. The predicted molar refractivity (Wildman–Crippen MR) is 259 cm³/mol. The van der Waals surface area contributed by atoms with E-state index in [4.69, 9.17) is 14.7 Å². The summed E-state index contributed by atoms with van der Waals surface area (Å²) in [6.07, 6.45) is 23.2. The first kappa shape index (κ1) is 38.7. The third kappa shape index (κ3) is 8.32. The van der Waals surface area contributed by atoms with Gasteiger partial charge in [-0.2, -0.15) is 0 Å². The zero-order valence-electron chi connectivity index (χ0n) is 34.8. The van der Waals surface area contributed by atoms with Crippen LogP contribution >= 0.6 is 0 Å². The smallest absolute Gasteiger partial charge is 0.119 e. The molecule has 0 saturated heterocycles. The van der Waals surface area contributed by atoms with E-state index in [-0.39, 0.29) is 0 Å². The van der Waals surface area contributed by atoms with Crippen molar-refractivity contribution in [1.82, 2.24) is 19.9 Å². The lowest BCUT2D eigenvalue weighted by molar-refractivity contribution is 0.304. The Morgan fingerprint density at radius 2 is 0.806 bits per heavy atom. The second-order valence-electron chi connectivity index (χ2n) is 16.0. The first-order valence-electron chi connectivity index (χ1n) is 21.9. The van der Waals surface area contributed by atoms with Crippen molar-refractivity contribution in [2.75, 3.05) is 6.61 Å². The highest BCUT2D eigenvalue weighted by Crippen LogP contribution is 2.38. The Labute approximate surface area is 363 Å². The number of allylic oxidation sites excluding steroid dienone is 3. The number of ether oxygens (including phenoxy) is 1. The number of aromatic nitrogens is 4. The SMILES string of the molecule is C1=CC=CC=1CCCCCCCCOc1ccc(-c2c3nc(c(-c4ccccc4)c4ccc([nH]4)c(-c4ccccc4)c4nc(c(-c5ccccc5)c5ccc2[nH]5)C=C4)C=C3)cc1. The zero-order valence-corrected chi connectivity index (χ0v) is 34.8. The van der Waals surface area contributed by atoms with E-state index >= 15 is 0 Å². The van der Waals surface area contributed by atoms with Crippen LogP contribution in [0.15, 0.2) is 169 Å². The molecule has 5 nitrogen and oxygen atoms in total. The molecule has 2 aliphatic heterocycles. The topological polar surface area (TPSA) is 66.6 Å². The third-order valence-electron chi connectivity index (χ3n) is 11.9. The number of unbranched alkanes of at least 4 members (excludes halogenated alkanes) is 5. The number of H-pyrrole nitrogens is 2. The Morgan fingerprint density at radius 1 is 0.403 bits per heavy atom. The summed E-state index contributed by atoms with van der Waals surface area (Å²) in [5, 5.41) is 0. The molecule has 0 radical (unpaired) electrons. The van der Waals surface area contributed by atoms with Crippen LogP contribution in [0.2, 0.25) is 0 Å². The van der Waals surface area contributed by atoms with Gasteiger partial charge in [0.05, 0.1) is 29.4 Å². The van der Waals surface area contributed by atoms with Crippen molar-refractivity contribution in [1.29, 1.82) is 0 Å². The van der Waals surface area contributed by atoms with Gasteiger partial charge in [0, 0.05) is 44.3 Å². The average Bonchev–Trinajstić information content (AvgIpc) is 4.19. The van der Waals surface area contributed by atoms with E-state index in [2.05, 4.69) is 192 Å². The summed E-state index contributed by atoms with van der Waals surface area (Å²) in [6.45, 7) is 0.713. The molecule has 0 unspecified atom stereocenters. The number of rotatable bonds is 14. The normalized spacial score (nSPS) is 12.6. The molecular formula is C57H48N4O. The quantitative estimate of drug-likeness (QED) is 0.0850. The minimum atomic E-state index is 0.713. The fraction of sp³-hybridized carbons (Fsp3) is 0.140. The lowest BCUT2D eigenvalue weighted by Crippen LogP contribution is -1.97. The van der Waals surface area contributed by atoms with E-state index in [1.165, 1.54) is 37.7 Å². The maximum absolute atomic E-state index is 6.27. The van der Waals surface area contributed by atoms with Gasteiger partial charge in [-0.05, 0) is 114 Å². The largest absolute Gasteiger partial charge is 0.494 e. The number of nitrogens with zero attached hydrogens (tertiary/aromatic N) is 2. The molecule has 10 rings (SSSR count). The number of hydrogen-bond acceptors (Lipinski definition) is 3. The van der Waals surface area contributed by atoms with Crippen LogP contribution in [0.25, 0.3) is 90.9 Å². The van der Waals surface area contributed by atoms with Gasteiger partial charge in [-0.1, -0.05) is 141 Å². The van der Waals surface area contributed by atoms with Gasteiger partial charge < -0.3 is 14.7 Å². The summed E-state index contributed by atoms with van der Waals surface area (Å²) in [6, 6.07) is 48.8. The lowest BCUT2D eigenvalue weighted by atomic mass is 10.0. The van der Waals surface area contributed by atoms with E-state index in [9.17, 15) is 0 Å². The summed E-state index contributed by atoms with van der Waals surface area (Å²) in [7, 11) is 0. The molecule has 0 atom stereocenters. The van der Waals surface area contributed by atoms with Crippen LogP contribution in [-0.2, 0) is 0 Å². The van der Waals surface area contributed by atoms with Crippen molar-refractivity contribution in [2.45, 2.75) is 44.9 Å². The summed E-state index contributed by atoms with van der Waals surface area (Å²) >= 11 is 0. The van der Waals surface area contributed by atoms with Crippen molar-refractivity contribution in [3.8, 4) is 50.3 Å². The van der Waals surface area contributed by atoms with Crippen molar-refractivity contribution < 1.29 is 4.74 Å². The van der Waals surface area contributed by atoms with Gasteiger partial charge in [0.2, 0.25) is 0 Å². The van der Waals surface area contributed by atoms with Gasteiger partial charge in [-0.3, -0.25) is 0 Å². The van der Waals surface area contributed by atoms with Crippen LogP contribution in [0.4, 0.5) is 0 Å². The minimum absolute atomic E-state index is 0.713. The molecule has 0 saturated carbocycles. The van der Waals surface area contributed by atoms with Crippen molar-refractivity contribution in [3.05, 3.63) is 192 Å². The van der Waals surface area contributed by atoms with Crippen LogP contribution in [0.5, 0.6) is 5.75 Å². The van der Waals surface area contributed by atoms with E-state index in [1.54, 1.807) is 0 Å². The summed E-state index contributed by atoms with van der Waals surface area (Å²) in [5.74, 6) is 0.878. The maximum atomic E-state index is 6.27. The molecule has 3 aromatic heterocycles. The fourth-order valence-electron chi connectivity index (χ4n) is 8.79. The van der Waals surface area contributed by atoms with Crippen LogP contribution in [0, 0.1) is 0 Å². The molecule has 8 bridgehead atoms. The molecule has 0 spiro atoms. The van der Waals surface area contributed by atoms with E-state index < -0.39 is 0 Å². The number of nitrogens with one attached hydrogen (secondary N) is 2. The van der Waals surface area contributed by atoms with Crippen molar-refractivity contribution >= 4 is 46.4 Å². The summed E-state index contributed by atoms with van der Waals surface area (Å²) in [5.41, 5.74) is 20.6. The highest BCUT2D eigenvalue weighted by molar-refractivity contribution is 5.99. The van der Waals surface area contributed by atoms with Gasteiger partial charge in [-0.25, -0.2) is 9.97 Å². The summed E-state index contributed by atoms with van der Waals surface area (Å²) in [4.78, 5) is 18.5. The minimum Gasteiger partial charge on any atom is -0.494 e. The highest BCUT2D eigenvalue weighted by Gasteiger charge is 2.19. The van der Waals surface area contributed by atoms with E-state index in [0.29, 0.717) is 6.61 Å². The molecule has 1 aliphatic carbocycles. The van der Waals surface area contributed by atoms with Gasteiger partial charge >= 0.3 is 0 Å². The summed E-state index contributed by atoms with van der Waals surface area (Å²) < 4.78 is 6.27. The van der Waals surface area contributed by atoms with Crippen molar-refractivity contribution in [3.63, 3.8) is 0 Å². The lowest BCUT2D eigenvalue weighted by Gasteiger charge is -2.09. The van der Waals surface area contributed by atoms with E-state index in [1.807, 2.05) is 6.08 Å². The first-order valence-corrected chi connectivity index (χ1v) is 21.9. The first-order chi connectivity index (χ1) is 30.7. The number of benzene rings is 4. The Morgan fingerprint density at radius 3 is 1.23 bits per heavy atom. The van der Waals surface area contributed by atoms with Gasteiger partial charge in [0.1, 0.15) is 5.75 Å². The van der Waals surface area contributed by atoms with Crippen LogP contribution in [0.1, 0.15) is 67.7 Å². The Kier molecular flexibility index (Phi) is 11.3. The van der Waals surface area contributed by atoms with Gasteiger partial charge in [0.25, 0.3) is 0 Å². The second-order valence-corrected chi connectivity index (χ2v) is 16.0. The molecule has 2 N–H and O–H groups in total. The van der Waals surface area contributed by atoms with Gasteiger partial charge in [-0.15, -0.1) is 5.73 Å². The fourth-order valence-corrected chi connectivity index (χ4v) is 8.79. The molecule has 3 aliphatic rings. The number of fused-ring (bicyclic) bond motifs is 8. The number of aromatic amines is 2. The molecule has 0 amide bonds. The average molecular weight is 805 g/mol. The van der Waals surface area contributed by atoms with Crippen LogP contribution in [-0.4, -0.2) is 26.5 Å². The Hall–Kier alpha value is -7.46. The number of hydrogen-bond donors (Lipinski definition) is 2. The molecule has 7 aromatic rings.